The van der Waals surface area contributed by atoms with Gasteiger partial charge in [0.05, 0.1) is 16.6 Å². The Morgan fingerprint density at radius 3 is 2.79 bits per heavy atom. The second-order valence-electron chi connectivity index (χ2n) is 8.16. The first-order chi connectivity index (χ1) is 16.6. The van der Waals surface area contributed by atoms with Crippen molar-refractivity contribution in [1.82, 2.24) is 35.1 Å². The van der Waals surface area contributed by atoms with Crippen LogP contribution >= 0.6 is 11.3 Å². The fourth-order valence-corrected chi connectivity index (χ4v) is 4.75. The zero-order valence-corrected chi connectivity index (χ0v) is 19.1. The number of hydrogen-bond acceptors (Lipinski definition) is 7. The molecule has 0 unspecified atom stereocenters. The van der Waals surface area contributed by atoms with Gasteiger partial charge in [-0.3, -0.25) is 10.1 Å². The summed E-state index contributed by atoms with van der Waals surface area (Å²) < 4.78 is 15.9. The Labute approximate surface area is 197 Å². The molecule has 0 bridgehead atoms. The Balaban J connectivity index is 1.50. The van der Waals surface area contributed by atoms with Gasteiger partial charge in [-0.1, -0.05) is 6.07 Å². The summed E-state index contributed by atoms with van der Waals surface area (Å²) in [6.07, 6.45) is 6.53. The lowest BCUT2D eigenvalue weighted by Gasteiger charge is -2.11. The summed E-state index contributed by atoms with van der Waals surface area (Å²) in [5, 5.41) is 12.7. The Morgan fingerprint density at radius 2 is 1.97 bits per heavy atom. The summed E-state index contributed by atoms with van der Waals surface area (Å²) in [6, 6.07) is 8.06. The molecule has 0 saturated carbocycles. The van der Waals surface area contributed by atoms with Crippen LogP contribution in [0.15, 0.2) is 54.4 Å². The number of hydrogen-bond donors (Lipinski definition) is 3. The number of rotatable bonds is 5. The van der Waals surface area contributed by atoms with Gasteiger partial charge in [0.1, 0.15) is 11.5 Å². The summed E-state index contributed by atoms with van der Waals surface area (Å²) in [6.45, 7) is 4.06. The van der Waals surface area contributed by atoms with Crippen molar-refractivity contribution in [1.29, 1.82) is 0 Å². The molecular formula is C24H19FN8S. The van der Waals surface area contributed by atoms with Crippen LogP contribution in [0.3, 0.4) is 0 Å². The highest BCUT2D eigenvalue weighted by atomic mass is 32.1. The number of aromatic amines is 2. The molecule has 0 radical (unpaired) electrons. The highest BCUT2D eigenvalue weighted by Gasteiger charge is 2.21. The van der Waals surface area contributed by atoms with Gasteiger partial charge in [0.25, 0.3) is 0 Å². The molecule has 34 heavy (non-hydrogen) atoms. The summed E-state index contributed by atoms with van der Waals surface area (Å²) in [5.41, 5.74) is 4.77. The number of thiophene rings is 1. The van der Waals surface area contributed by atoms with E-state index in [-0.39, 0.29) is 17.1 Å². The van der Waals surface area contributed by atoms with E-state index in [2.05, 4.69) is 40.4 Å². The van der Waals surface area contributed by atoms with E-state index in [1.165, 1.54) is 6.20 Å². The second kappa shape index (κ2) is 7.99. The highest BCUT2D eigenvalue weighted by Crippen LogP contribution is 2.35. The topological polar surface area (TPSA) is 108 Å². The molecule has 6 aromatic heterocycles. The predicted molar refractivity (Wildman–Crippen MR) is 132 cm³/mol. The first kappa shape index (κ1) is 20.4. The molecule has 168 valence electrons. The van der Waals surface area contributed by atoms with Crippen molar-refractivity contribution in [2.75, 3.05) is 5.32 Å². The molecule has 8 nitrogen and oxygen atoms in total. The van der Waals surface area contributed by atoms with Gasteiger partial charge in [-0.05, 0) is 37.4 Å². The smallest absolute Gasteiger partial charge is 0.184 e. The van der Waals surface area contributed by atoms with E-state index in [0.717, 1.165) is 21.6 Å². The lowest BCUT2D eigenvalue weighted by atomic mass is 10.1. The molecule has 0 atom stereocenters. The van der Waals surface area contributed by atoms with Gasteiger partial charge in [-0.2, -0.15) is 5.10 Å². The third-order valence-corrected chi connectivity index (χ3v) is 6.34. The molecule has 6 aromatic rings. The van der Waals surface area contributed by atoms with E-state index in [9.17, 15) is 0 Å². The van der Waals surface area contributed by atoms with Crippen molar-refractivity contribution >= 4 is 39.2 Å². The van der Waals surface area contributed by atoms with Gasteiger partial charge in [0.15, 0.2) is 17.1 Å². The zero-order valence-electron chi connectivity index (χ0n) is 18.3. The molecule has 6 rings (SSSR count). The number of H-pyrrole nitrogens is 2. The quantitative estimate of drug-likeness (QED) is 0.301. The number of nitrogens with one attached hydrogen (secondary N) is 3. The predicted octanol–water partition coefficient (Wildman–Crippen LogP) is 5.65. The van der Waals surface area contributed by atoms with E-state index in [1.54, 1.807) is 29.9 Å². The first-order valence-electron chi connectivity index (χ1n) is 10.7. The van der Waals surface area contributed by atoms with Crippen LogP contribution in [0.4, 0.5) is 10.1 Å². The molecule has 0 aliphatic carbocycles. The number of imidazole rings is 1. The standard InChI is InChI=1S/C24H19FN8S/c1-12(2)29-14-8-13(9-26-10-14)16-11-28-22-18(19(16)25)21(32-33-22)24-30-20-15(17-4-3-7-34-17)5-6-27-23(20)31-24/h3-12,29H,1-2H3,(H,27,30,31)(H,28,32,33). The van der Waals surface area contributed by atoms with Gasteiger partial charge in [-0.15, -0.1) is 11.3 Å². The average Bonchev–Trinajstić information content (AvgIpc) is 3.57. The van der Waals surface area contributed by atoms with E-state index >= 15 is 4.39 Å². The summed E-state index contributed by atoms with van der Waals surface area (Å²) in [7, 11) is 0. The molecule has 0 aliphatic rings. The molecule has 10 heteroatoms. The molecule has 3 N–H and O–H groups in total. The Morgan fingerprint density at radius 1 is 1.06 bits per heavy atom. The Kier molecular flexibility index (Phi) is 4.80. The second-order valence-corrected chi connectivity index (χ2v) is 9.11. The number of halogens is 1. The van der Waals surface area contributed by atoms with Crippen molar-refractivity contribution < 1.29 is 4.39 Å². The molecular weight excluding hydrogens is 451 g/mol. The van der Waals surface area contributed by atoms with Crippen LogP contribution < -0.4 is 5.32 Å². The van der Waals surface area contributed by atoms with Gasteiger partial charge >= 0.3 is 0 Å². The largest absolute Gasteiger partial charge is 0.382 e. The van der Waals surface area contributed by atoms with Crippen LogP contribution in [0.25, 0.3) is 55.3 Å². The molecule has 0 saturated heterocycles. The van der Waals surface area contributed by atoms with Crippen molar-refractivity contribution in [3.05, 3.63) is 60.3 Å². The first-order valence-corrected chi connectivity index (χ1v) is 11.6. The molecule has 0 aromatic carbocycles. The lowest BCUT2D eigenvalue weighted by Crippen LogP contribution is -2.09. The van der Waals surface area contributed by atoms with Crippen molar-refractivity contribution in [2.24, 2.45) is 0 Å². The third kappa shape index (κ3) is 3.39. The highest BCUT2D eigenvalue weighted by molar-refractivity contribution is 7.13. The summed E-state index contributed by atoms with van der Waals surface area (Å²) in [4.78, 5) is 22.0. The lowest BCUT2D eigenvalue weighted by molar-refractivity contribution is 0.642. The van der Waals surface area contributed by atoms with E-state index < -0.39 is 5.82 Å². The van der Waals surface area contributed by atoms with Crippen molar-refractivity contribution in [2.45, 2.75) is 19.9 Å². The number of fused-ring (bicyclic) bond motifs is 2. The molecule has 6 heterocycles. The fourth-order valence-electron chi connectivity index (χ4n) is 3.99. The third-order valence-electron chi connectivity index (χ3n) is 5.44. The number of pyridine rings is 3. The van der Waals surface area contributed by atoms with Gasteiger partial charge in [0.2, 0.25) is 0 Å². The zero-order chi connectivity index (χ0) is 23.2. The van der Waals surface area contributed by atoms with Crippen LogP contribution in [0, 0.1) is 5.82 Å². The van der Waals surface area contributed by atoms with E-state index in [0.29, 0.717) is 28.3 Å². The monoisotopic (exact) mass is 470 g/mol. The minimum atomic E-state index is -0.441. The van der Waals surface area contributed by atoms with Crippen LogP contribution in [0.5, 0.6) is 0 Å². The van der Waals surface area contributed by atoms with Gasteiger partial charge in [0, 0.05) is 52.4 Å². The normalized spacial score (nSPS) is 11.6. The Bertz CT molecular complexity index is 1630. The van der Waals surface area contributed by atoms with Crippen LogP contribution in [-0.2, 0) is 0 Å². The average molecular weight is 471 g/mol. The Hall–Kier alpha value is -4.18. The van der Waals surface area contributed by atoms with Crippen LogP contribution in [0.2, 0.25) is 0 Å². The molecule has 0 spiro atoms. The molecule has 0 amide bonds. The number of anilines is 1. The van der Waals surface area contributed by atoms with Crippen LogP contribution in [0.1, 0.15) is 13.8 Å². The minimum Gasteiger partial charge on any atom is -0.382 e. The van der Waals surface area contributed by atoms with Crippen LogP contribution in [-0.4, -0.2) is 41.2 Å². The van der Waals surface area contributed by atoms with Gasteiger partial charge in [-0.25, -0.2) is 19.3 Å². The van der Waals surface area contributed by atoms with Gasteiger partial charge < -0.3 is 10.3 Å². The maximum absolute atomic E-state index is 15.9. The molecule has 0 fully saturated rings. The SMILES string of the molecule is CC(C)Nc1cncc(-c2cnc3n[nH]c(-c4nc5nccc(-c6cccs6)c5[nH]4)c3c2F)c1. The summed E-state index contributed by atoms with van der Waals surface area (Å²) >= 11 is 1.63. The van der Waals surface area contributed by atoms with Crippen molar-refractivity contribution in [3.8, 4) is 33.1 Å². The minimum absolute atomic E-state index is 0.226. The molecule has 0 aliphatic heterocycles. The van der Waals surface area contributed by atoms with Crippen molar-refractivity contribution in [3.63, 3.8) is 0 Å². The number of nitrogens with zero attached hydrogens (tertiary/aromatic N) is 5. The maximum atomic E-state index is 15.9. The fraction of sp³-hybridized carbons (Fsp3) is 0.125. The number of aromatic nitrogens is 7. The summed E-state index contributed by atoms with van der Waals surface area (Å²) in [5.74, 6) is 0.00403. The van der Waals surface area contributed by atoms with E-state index in [1.807, 2.05) is 43.5 Å². The maximum Gasteiger partial charge on any atom is 0.184 e. The van der Waals surface area contributed by atoms with E-state index in [4.69, 9.17) is 0 Å².